The van der Waals surface area contributed by atoms with Crippen LogP contribution in [-0.4, -0.2) is 85.3 Å². The van der Waals surface area contributed by atoms with Crippen LogP contribution >= 0.6 is 7.60 Å². The van der Waals surface area contributed by atoms with Gasteiger partial charge in [0.1, 0.15) is 19.2 Å². The fourth-order valence-corrected chi connectivity index (χ4v) is 7.86. The van der Waals surface area contributed by atoms with Crippen LogP contribution in [0, 0.1) is 11.8 Å². The van der Waals surface area contributed by atoms with Gasteiger partial charge in [-0.25, -0.2) is 0 Å². The maximum absolute atomic E-state index is 14.1. The summed E-state index contributed by atoms with van der Waals surface area (Å²) in [5, 5.41) is 6.86. The van der Waals surface area contributed by atoms with Crippen molar-refractivity contribution in [2.75, 3.05) is 34.0 Å². The summed E-state index contributed by atoms with van der Waals surface area (Å²) in [7, 11) is 1.13. The number of piperidine rings is 1. The number of hydrogen-bond donors (Lipinski definition) is 2. The highest BCUT2D eigenvalue weighted by Gasteiger charge is 2.41. The van der Waals surface area contributed by atoms with Crippen molar-refractivity contribution in [1.29, 1.82) is 0 Å². The molecule has 2 aliphatic rings. The number of unbranched alkanes of at least 4 members (excludes halogenated alkanes) is 2. The fraction of sp³-hybridized carbons (Fsp3) is 0.647. The van der Waals surface area contributed by atoms with Crippen LogP contribution in [0.4, 0.5) is 0 Å². The summed E-state index contributed by atoms with van der Waals surface area (Å²) in [5.41, 5.74) is 1.62. The first-order valence-electron chi connectivity index (χ1n) is 16.8. The van der Waals surface area contributed by atoms with Gasteiger partial charge in [0.25, 0.3) is 0 Å². The van der Waals surface area contributed by atoms with E-state index in [1.54, 1.807) is 22.9 Å². The van der Waals surface area contributed by atoms with E-state index in [4.69, 9.17) is 13.9 Å². The molecule has 0 bridgehead atoms. The maximum Gasteiger partial charge on any atom is 0.330 e. The molecule has 47 heavy (non-hydrogen) atoms. The molecule has 0 saturated carbocycles. The van der Waals surface area contributed by atoms with E-state index >= 15 is 0 Å². The van der Waals surface area contributed by atoms with E-state index in [-0.39, 0.29) is 42.5 Å². The molecular formula is C34H51N4O8P. The Morgan fingerprint density at radius 2 is 1.72 bits per heavy atom. The number of nitrogens with one attached hydrogen (secondary N) is 2. The van der Waals surface area contributed by atoms with Crippen LogP contribution in [0.1, 0.15) is 77.2 Å². The third kappa shape index (κ3) is 8.83. The van der Waals surface area contributed by atoms with E-state index in [1.807, 2.05) is 38.1 Å². The van der Waals surface area contributed by atoms with E-state index in [9.17, 15) is 23.7 Å². The van der Waals surface area contributed by atoms with Crippen LogP contribution in [-0.2, 0) is 39.2 Å². The third-order valence-corrected chi connectivity index (χ3v) is 11.8. The highest BCUT2D eigenvalue weighted by atomic mass is 31.2. The number of ketones is 1. The molecule has 2 aliphatic heterocycles. The fourth-order valence-electron chi connectivity index (χ4n) is 6.73. The molecule has 12 nitrogen and oxygen atoms in total. The minimum atomic E-state index is -3.14. The highest BCUT2D eigenvalue weighted by Crippen LogP contribution is 2.47. The summed E-state index contributed by atoms with van der Waals surface area (Å²) < 4.78 is 24.1. The number of aromatic nitrogens is 1. The quantitative estimate of drug-likeness (QED) is 0.237. The molecule has 0 aliphatic carbocycles. The lowest BCUT2D eigenvalue weighted by atomic mass is 9.87. The molecule has 3 heterocycles. The van der Waals surface area contributed by atoms with Gasteiger partial charge in [0.15, 0.2) is 5.78 Å². The zero-order valence-corrected chi connectivity index (χ0v) is 29.3. The van der Waals surface area contributed by atoms with Crippen molar-refractivity contribution >= 4 is 42.0 Å². The summed E-state index contributed by atoms with van der Waals surface area (Å²) in [4.78, 5) is 63.3. The molecule has 5 atom stereocenters. The second-order valence-corrected chi connectivity index (χ2v) is 15.2. The van der Waals surface area contributed by atoms with Gasteiger partial charge in [0.2, 0.25) is 17.7 Å². The van der Waals surface area contributed by atoms with Gasteiger partial charge in [0, 0.05) is 51.1 Å². The van der Waals surface area contributed by atoms with Crippen molar-refractivity contribution in [3.05, 3.63) is 36.0 Å². The van der Waals surface area contributed by atoms with Gasteiger partial charge in [-0.1, -0.05) is 51.3 Å². The summed E-state index contributed by atoms with van der Waals surface area (Å²) in [6.45, 7) is 4.32. The second kappa shape index (κ2) is 16.8. The molecule has 3 amide bonds. The van der Waals surface area contributed by atoms with Crippen LogP contribution < -0.4 is 15.5 Å². The molecule has 2 saturated heterocycles. The molecule has 4 rings (SSSR count). The van der Waals surface area contributed by atoms with E-state index in [1.165, 1.54) is 14.2 Å². The minimum absolute atomic E-state index is 0.0275. The van der Waals surface area contributed by atoms with Gasteiger partial charge < -0.3 is 29.4 Å². The van der Waals surface area contributed by atoms with Crippen molar-refractivity contribution < 1.29 is 37.6 Å². The van der Waals surface area contributed by atoms with Gasteiger partial charge >= 0.3 is 7.60 Å². The van der Waals surface area contributed by atoms with Crippen LogP contribution in [0.5, 0.6) is 0 Å². The van der Waals surface area contributed by atoms with E-state index < -0.39 is 37.5 Å². The molecule has 2 aromatic rings. The SMILES string of the molecule is CCC(C)[C@@H]1NC(=O)[C@H](Cc2cn(OC)c3ccccc23)NC(=O)[C@H](CCCCCP(=O)(OC)OC)CC(=O)[C@H]2CCCCN2C1=O. The van der Waals surface area contributed by atoms with Gasteiger partial charge in [-0.2, -0.15) is 4.73 Å². The number of fused-ring (bicyclic) bond motifs is 2. The Balaban J connectivity index is 1.65. The van der Waals surface area contributed by atoms with Crippen molar-refractivity contribution in [3.8, 4) is 0 Å². The summed E-state index contributed by atoms with van der Waals surface area (Å²) in [6.07, 6.45) is 7.18. The van der Waals surface area contributed by atoms with Crippen LogP contribution in [0.15, 0.2) is 30.5 Å². The molecular weight excluding hydrogens is 623 g/mol. The Labute approximate surface area is 277 Å². The van der Waals surface area contributed by atoms with Gasteiger partial charge in [-0.3, -0.25) is 23.7 Å². The standard InChI is InChI=1S/C34H51N4O8P/c1-6-23(2)31-34(42)37-18-12-11-17-29(37)30(39)21-24(14-8-7-13-19-47(43,45-4)46-5)32(40)35-27(33(41)36-31)20-25-22-38(44-3)28-16-10-9-15-26(25)28/h9-10,15-16,22-24,27,29,31H,6-8,11-14,17-21H2,1-5H3,(H,35,40)(H,36,41)/t23?,24-,27+,29-,31+/m1/s1. The molecule has 2 fully saturated rings. The summed E-state index contributed by atoms with van der Waals surface area (Å²) >= 11 is 0. The Bertz CT molecular complexity index is 1450. The van der Waals surface area contributed by atoms with Crippen LogP contribution in [0.25, 0.3) is 10.9 Å². The monoisotopic (exact) mass is 674 g/mol. The number of nitrogens with zero attached hydrogens (tertiary/aromatic N) is 2. The number of hydrogen-bond acceptors (Lipinski definition) is 8. The molecule has 1 unspecified atom stereocenters. The first-order chi connectivity index (χ1) is 22.5. The van der Waals surface area contributed by atoms with Crippen molar-refractivity contribution in [2.45, 2.75) is 96.2 Å². The van der Waals surface area contributed by atoms with E-state index in [0.717, 1.165) is 29.3 Å². The predicted molar refractivity (Wildman–Crippen MR) is 179 cm³/mol. The largest absolute Gasteiger partial charge is 0.417 e. The Morgan fingerprint density at radius 3 is 2.43 bits per heavy atom. The smallest absolute Gasteiger partial charge is 0.330 e. The van der Waals surface area contributed by atoms with Crippen LogP contribution in [0.2, 0.25) is 0 Å². The van der Waals surface area contributed by atoms with E-state index in [0.29, 0.717) is 45.1 Å². The first kappa shape index (κ1) is 36.6. The Morgan fingerprint density at radius 1 is 0.979 bits per heavy atom. The second-order valence-electron chi connectivity index (χ2n) is 12.8. The third-order valence-electron chi connectivity index (χ3n) is 9.81. The molecule has 260 valence electrons. The van der Waals surface area contributed by atoms with Gasteiger partial charge in [-0.15, -0.1) is 0 Å². The number of Topliss-reactive ketones (excluding diaryl/α,β-unsaturated/α-hetero) is 1. The molecule has 13 heteroatoms. The summed E-state index contributed by atoms with van der Waals surface area (Å²) in [6, 6.07) is 5.19. The summed E-state index contributed by atoms with van der Waals surface area (Å²) in [5.74, 6) is -2.07. The van der Waals surface area contributed by atoms with E-state index in [2.05, 4.69) is 10.6 Å². The topological polar surface area (TPSA) is 145 Å². The molecule has 2 N–H and O–H groups in total. The Hall–Kier alpha value is -3.21. The number of carbonyl (C=O) groups excluding carboxylic acids is 4. The number of amides is 3. The average molecular weight is 675 g/mol. The van der Waals surface area contributed by atoms with Crippen molar-refractivity contribution in [3.63, 3.8) is 0 Å². The maximum atomic E-state index is 14.1. The number of rotatable bonds is 13. The normalized spacial score (nSPS) is 23.8. The van der Waals surface area contributed by atoms with Crippen molar-refractivity contribution in [2.24, 2.45) is 11.8 Å². The minimum Gasteiger partial charge on any atom is -0.417 e. The number of benzene rings is 1. The lowest BCUT2D eigenvalue weighted by molar-refractivity contribution is -0.147. The van der Waals surface area contributed by atoms with Gasteiger partial charge in [0.05, 0.1) is 17.7 Å². The van der Waals surface area contributed by atoms with Gasteiger partial charge in [-0.05, 0) is 49.7 Å². The lowest BCUT2D eigenvalue weighted by Gasteiger charge is -2.39. The van der Waals surface area contributed by atoms with Crippen molar-refractivity contribution in [1.82, 2.24) is 20.3 Å². The predicted octanol–water partition coefficient (Wildman–Crippen LogP) is 4.27. The zero-order chi connectivity index (χ0) is 34.1. The first-order valence-corrected chi connectivity index (χ1v) is 18.6. The molecule has 0 spiro atoms. The Kier molecular flexibility index (Phi) is 13.1. The molecule has 0 radical (unpaired) electrons. The zero-order valence-electron chi connectivity index (χ0n) is 28.4. The number of carbonyl (C=O) groups is 4. The average Bonchev–Trinajstić information content (AvgIpc) is 3.45. The highest BCUT2D eigenvalue weighted by molar-refractivity contribution is 7.53. The number of para-hydroxylation sites is 1. The molecule has 1 aromatic heterocycles. The molecule has 1 aromatic carbocycles. The van der Waals surface area contributed by atoms with Crippen LogP contribution in [0.3, 0.4) is 0 Å². The lowest BCUT2D eigenvalue weighted by Crippen LogP contribution is -2.61.